The Hall–Kier alpha value is -1.98. The van der Waals surface area contributed by atoms with Crippen molar-refractivity contribution in [1.29, 1.82) is 0 Å². The van der Waals surface area contributed by atoms with Crippen LogP contribution in [0.1, 0.15) is 19.0 Å². The fraction of sp³-hybridized carbons (Fsp3) is 0.500. The van der Waals surface area contributed by atoms with Gasteiger partial charge in [-0.25, -0.2) is 0 Å². The van der Waals surface area contributed by atoms with Crippen molar-refractivity contribution in [3.05, 3.63) is 24.2 Å². The highest BCUT2D eigenvalue weighted by atomic mass is 16.5. The molecule has 0 bridgehead atoms. The van der Waals surface area contributed by atoms with Crippen LogP contribution in [0.4, 0.5) is 5.69 Å². The lowest BCUT2D eigenvalue weighted by Gasteiger charge is -2.08. The van der Waals surface area contributed by atoms with Gasteiger partial charge in [0.1, 0.15) is 5.69 Å². The predicted octanol–water partition coefficient (Wildman–Crippen LogP) is 1.65. The average Bonchev–Trinajstić information content (AvgIpc) is 2.93. The van der Waals surface area contributed by atoms with Crippen molar-refractivity contribution in [3.8, 4) is 5.88 Å². The zero-order valence-corrected chi connectivity index (χ0v) is 11.1. The first-order chi connectivity index (χ1) is 8.74. The van der Waals surface area contributed by atoms with Crippen LogP contribution < -0.4 is 10.1 Å². The van der Waals surface area contributed by atoms with Crippen LogP contribution in [-0.2, 0) is 20.1 Å². The molecule has 0 spiro atoms. The third kappa shape index (κ3) is 2.64. The fourth-order valence-electron chi connectivity index (χ4n) is 1.85. The van der Waals surface area contributed by atoms with E-state index >= 15 is 0 Å². The van der Waals surface area contributed by atoms with Gasteiger partial charge in [-0.15, -0.1) is 5.10 Å². The molecule has 0 atom stereocenters. The first-order valence-electron chi connectivity index (χ1n) is 6.06. The van der Waals surface area contributed by atoms with Gasteiger partial charge in [0.15, 0.2) is 0 Å². The maximum Gasteiger partial charge on any atom is 0.256 e. The summed E-state index contributed by atoms with van der Waals surface area (Å²) in [7, 11) is 3.49. The van der Waals surface area contributed by atoms with Crippen molar-refractivity contribution >= 4 is 5.69 Å². The molecule has 98 valence electrons. The highest BCUT2D eigenvalue weighted by Crippen LogP contribution is 2.21. The second-order valence-corrected chi connectivity index (χ2v) is 4.12. The minimum absolute atomic E-state index is 0.610. The molecule has 0 aliphatic heterocycles. The van der Waals surface area contributed by atoms with Gasteiger partial charge in [-0.05, 0) is 12.5 Å². The average molecular weight is 249 g/mol. The summed E-state index contributed by atoms with van der Waals surface area (Å²) < 4.78 is 8.93. The van der Waals surface area contributed by atoms with Gasteiger partial charge in [-0.1, -0.05) is 6.92 Å². The number of nitrogens with zero attached hydrogens (tertiary/aromatic N) is 4. The number of nitrogens with one attached hydrogen (secondary N) is 1. The number of hydrogen-bond donors (Lipinski definition) is 1. The van der Waals surface area contributed by atoms with Crippen LogP contribution in [0.5, 0.6) is 5.88 Å². The lowest BCUT2D eigenvalue weighted by Crippen LogP contribution is -2.09. The third-order valence-electron chi connectivity index (χ3n) is 2.69. The van der Waals surface area contributed by atoms with E-state index in [1.54, 1.807) is 11.8 Å². The van der Waals surface area contributed by atoms with E-state index < -0.39 is 0 Å². The van der Waals surface area contributed by atoms with Crippen LogP contribution in [0.15, 0.2) is 18.5 Å². The SMILES string of the molecule is CCCn1nccc1CNc1cn(C)nc1OC. The van der Waals surface area contributed by atoms with Crippen molar-refractivity contribution in [3.63, 3.8) is 0 Å². The molecular weight excluding hydrogens is 230 g/mol. The summed E-state index contributed by atoms with van der Waals surface area (Å²) >= 11 is 0. The van der Waals surface area contributed by atoms with Crippen LogP contribution >= 0.6 is 0 Å². The van der Waals surface area contributed by atoms with Crippen molar-refractivity contribution in [1.82, 2.24) is 19.6 Å². The van der Waals surface area contributed by atoms with E-state index in [1.165, 1.54) is 0 Å². The highest BCUT2D eigenvalue weighted by molar-refractivity contribution is 5.51. The Bertz CT molecular complexity index is 502. The van der Waals surface area contributed by atoms with E-state index in [9.17, 15) is 0 Å². The van der Waals surface area contributed by atoms with Gasteiger partial charge in [-0.2, -0.15) is 5.10 Å². The monoisotopic (exact) mass is 249 g/mol. The van der Waals surface area contributed by atoms with Crippen LogP contribution in [0.2, 0.25) is 0 Å². The van der Waals surface area contributed by atoms with Crippen molar-refractivity contribution in [2.75, 3.05) is 12.4 Å². The molecule has 0 saturated carbocycles. The molecule has 0 aliphatic rings. The molecule has 6 heteroatoms. The summed E-state index contributed by atoms with van der Waals surface area (Å²) in [6, 6.07) is 2.02. The Kier molecular flexibility index (Phi) is 3.86. The van der Waals surface area contributed by atoms with Crippen LogP contribution in [-0.4, -0.2) is 26.7 Å². The molecule has 0 unspecified atom stereocenters. The summed E-state index contributed by atoms with van der Waals surface area (Å²) in [5, 5.41) is 11.8. The molecule has 2 heterocycles. The number of anilines is 1. The molecular formula is C12H19N5O. The third-order valence-corrected chi connectivity index (χ3v) is 2.69. The molecule has 0 radical (unpaired) electrons. The quantitative estimate of drug-likeness (QED) is 0.845. The second kappa shape index (κ2) is 5.57. The summed E-state index contributed by atoms with van der Waals surface area (Å²) in [6.45, 7) is 3.79. The topological polar surface area (TPSA) is 56.9 Å². The normalized spacial score (nSPS) is 10.6. The molecule has 0 amide bonds. The zero-order valence-electron chi connectivity index (χ0n) is 11.1. The van der Waals surface area contributed by atoms with E-state index in [2.05, 4.69) is 22.4 Å². The van der Waals surface area contributed by atoms with E-state index in [4.69, 9.17) is 4.74 Å². The summed E-state index contributed by atoms with van der Waals surface area (Å²) in [6.07, 6.45) is 4.80. The number of methoxy groups -OCH3 is 1. The molecule has 0 aromatic carbocycles. The second-order valence-electron chi connectivity index (χ2n) is 4.12. The van der Waals surface area contributed by atoms with Crippen molar-refractivity contribution < 1.29 is 4.74 Å². The Morgan fingerprint density at radius 1 is 1.44 bits per heavy atom. The lowest BCUT2D eigenvalue weighted by molar-refractivity contribution is 0.393. The summed E-state index contributed by atoms with van der Waals surface area (Å²) in [5.41, 5.74) is 2.05. The van der Waals surface area contributed by atoms with E-state index in [-0.39, 0.29) is 0 Å². The summed E-state index contributed by atoms with van der Waals surface area (Å²) in [4.78, 5) is 0. The number of hydrogen-bond acceptors (Lipinski definition) is 4. The Balaban J connectivity index is 2.04. The van der Waals surface area contributed by atoms with Crippen LogP contribution in [0, 0.1) is 0 Å². The maximum absolute atomic E-state index is 5.20. The molecule has 0 fully saturated rings. The van der Waals surface area contributed by atoms with Gasteiger partial charge in [-0.3, -0.25) is 9.36 Å². The van der Waals surface area contributed by atoms with E-state index in [0.717, 1.165) is 24.3 Å². The van der Waals surface area contributed by atoms with Gasteiger partial charge in [0.25, 0.3) is 5.88 Å². The van der Waals surface area contributed by atoms with Gasteiger partial charge in [0.2, 0.25) is 0 Å². The first-order valence-corrected chi connectivity index (χ1v) is 6.06. The molecule has 0 aliphatic carbocycles. The molecule has 6 nitrogen and oxygen atoms in total. The van der Waals surface area contributed by atoms with E-state index in [1.807, 2.05) is 30.2 Å². The number of rotatable bonds is 6. The maximum atomic E-state index is 5.20. The van der Waals surface area contributed by atoms with Gasteiger partial charge < -0.3 is 10.1 Å². The van der Waals surface area contributed by atoms with Crippen molar-refractivity contribution in [2.45, 2.75) is 26.4 Å². The van der Waals surface area contributed by atoms with Gasteiger partial charge >= 0.3 is 0 Å². The van der Waals surface area contributed by atoms with Crippen molar-refractivity contribution in [2.24, 2.45) is 7.05 Å². The van der Waals surface area contributed by atoms with Crippen LogP contribution in [0.3, 0.4) is 0 Å². The highest BCUT2D eigenvalue weighted by Gasteiger charge is 2.08. The smallest absolute Gasteiger partial charge is 0.256 e. The fourth-order valence-corrected chi connectivity index (χ4v) is 1.85. The first kappa shape index (κ1) is 12.5. The van der Waals surface area contributed by atoms with E-state index in [0.29, 0.717) is 12.4 Å². The minimum Gasteiger partial charge on any atom is -0.478 e. The number of aryl methyl sites for hydroxylation is 2. The standard InChI is InChI=1S/C12H19N5O/c1-4-7-17-10(5-6-14-17)8-13-11-9-16(2)15-12(11)18-3/h5-6,9,13H,4,7-8H2,1-3H3. The molecule has 1 N–H and O–H groups in total. The Morgan fingerprint density at radius 3 is 3.00 bits per heavy atom. The molecule has 2 rings (SSSR count). The molecule has 2 aromatic rings. The van der Waals surface area contributed by atoms with Gasteiger partial charge in [0, 0.05) is 19.8 Å². The van der Waals surface area contributed by atoms with Crippen LogP contribution in [0.25, 0.3) is 0 Å². The lowest BCUT2D eigenvalue weighted by atomic mass is 10.4. The Labute approximate surface area is 107 Å². The minimum atomic E-state index is 0.610. The predicted molar refractivity (Wildman–Crippen MR) is 69.6 cm³/mol. The van der Waals surface area contributed by atoms with Gasteiger partial charge in [0.05, 0.1) is 25.5 Å². The number of aromatic nitrogens is 4. The zero-order chi connectivity index (χ0) is 13.0. The largest absolute Gasteiger partial charge is 0.478 e. The summed E-state index contributed by atoms with van der Waals surface area (Å²) in [5.74, 6) is 0.610. The number of ether oxygens (including phenoxy) is 1. The molecule has 18 heavy (non-hydrogen) atoms. The Morgan fingerprint density at radius 2 is 2.28 bits per heavy atom. The molecule has 2 aromatic heterocycles. The molecule has 0 saturated heterocycles.